The first-order valence-electron chi connectivity index (χ1n) is 7.83. The lowest BCUT2D eigenvalue weighted by Crippen LogP contribution is -2.07. The number of methoxy groups -OCH3 is 1. The fraction of sp³-hybridized carbons (Fsp3) is 0.250. The molecule has 4 nitrogen and oxygen atoms in total. The van der Waals surface area contributed by atoms with Crippen LogP contribution in [0.1, 0.15) is 25.0 Å². The summed E-state index contributed by atoms with van der Waals surface area (Å²) >= 11 is 0. The third-order valence-corrected chi connectivity index (χ3v) is 3.42. The second kappa shape index (κ2) is 8.20. The van der Waals surface area contributed by atoms with Gasteiger partial charge in [0.15, 0.2) is 0 Å². The van der Waals surface area contributed by atoms with Crippen LogP contribution in [0, 0.1) is 5.92 Å². The quantitative estimate of drug-likeness (QED) is 0.605. The smallest absolute Gasteiger partial charge is 0.371 e. The summed E-state index contributed by atoms with van der Waals surface area (Å²) < 4.78 is 10.5. The predicted octanol–water partition coefficient (Wildman–Crippen LogP) is 4.40. The fourth-order valence-corrected chi connectivity index (χ4v) is 2.28. The molecular formula is C20H22O4. The van der Waals surface area contributed by atoms with E-state index in [4.69, 9.17) is 9.47 Å². The highest BCUT2D eigenvalue weighted by Gasteiger charge is 2.11. The molecule has 0 saturated heterocycles. The SMILES string of the molecule is COc1ccc(OC(=Cc2ccc(CC(C)C)cc2)C(=O)O)cc1. The first kappa shape index (κ1) is 17.6. The fourth-order valence-electron chi connectivity index (χ4n) is 2.28. The first-order chi connectivity index (χ1) is 11.5. The van der Waals surface area contributed by atoms with E-state index in [0.717, 1.165) is 12.0 Å². The molecule has 0 spiro atoms. The highest BCUT2D eigenvalue weighted by molar-refractivity contribution is 5.90. The van der Waals surface area contributed by atoms with Gasteiger partial charge in [0.1, 0.15) is 11.5 Å². The molecular weight excluding hydrogens is 304 g/mol. The predicted molar refractivity (Wildman–Crippen MR) is 94.2 cm³/mol. The molecule has 0 bridgehead atoms. The zero-order valence-electron chi connectivity index (χ0n) is 14.2. The van der Waals surface area contributed by atoms with Gasteiger partial charge in [-0.2, -0.15) is 0 Å². The number of ether oxygens (including phenoxy) is 2. The second-order valence-electron chi connectivity index (χ2n) is 5.93. The molecule has 2 aromatic carbocycles. The molecule has 0 fully saturated rings. The van der Waals surface area contributed by atoms with Crippen molar-refractivity contribution in [1.82, 2.24) is 0 Å². The van der Waals surface area contributed by atoms with Gasteiger partial charge in [0.2, 0.25) is 5.76 Å². The lowest BCUT2D eigenvalue weighted by molar-refractivity contribution is -0.134. The summed E-state index contributed by atoms with van der Waals surface area (Å²) in [6.07, 6.45) is 2.52. The van der Waals surface area contributed by atoms with E-state index >= 15 is 0 Å². The van der Waals surface area contributed by atoms with Crippen molar-refractivity contribution in [2.45, 2.75) is 20.3 Å². The Morgan fingerprint density at radius 3 is 2.12 bits per heavy atom. The van der Waals surface area contributed by atoms with E-state index < -0.39 is 5.97 Å². The Bertz CT molecular complexity index is 697. The van der Waals surface area contributed by atoms with Gasteiger partial charge in [-0.15, -0.1) is 0 Å². The summed E-state index contributed by atoms with van der Waals surface area (Å²) in [6, 6.07) is 14.6. The summed E-state index contributed by atoms with van der Waals surface area (Å²) in [5, 5.41) is 9.35. The van der Waals surface area contributed by atoms with E-state index in [1.165, 1.54) is 11.6 Å². The van der Waals surface area contributed by atoms with Crippen molar-refractivity contribution in [3.8, 4) is 11.5 Å². The van der Waals surface area contributed by atoms with Crippen LogP contribution in [0.2, 0.25) is 0 Å². The molecule has 0 aliphatic heterocycles. The molecule has 2 rings (SSSR count). The molecule has 126 valence electrons. The van der Waals surface area contributed by atoms with Crippen molar-refractivity contribution in [3.05, 3.63) is 65.4 Å². The molecule has 0 aromatic heterocycles. The van der Waals surface area contributed by atoms with E-state index in [-0.39, 0.29) is 5.76 Å². The number of aliphatic carboxylic acids is 1. The summed E-state index contributed by atoms with van der Waals surface area (Å²) in [7, 11) is 1.57. The van der Waals surface area contributed by atoms with Crippen LogP contribution < -0.4 is 9.47 Å². The number of carboxylic acids is 1. The lowest BCUT2D eigenvalue weighted by atomic mass is 10.0. The van der Waals surface area contributed by atoms with Crippen LogP contribution in [0.5, 0.6) is 11.5 Å². The monoisotopic (exact) mass is 326 g/mol. The number of hydrogen-bond acceptors (Lipinski definition) is 3. The Morgan fingerprint density at radius 1 is 1.04 bits per heavy atom. The maximum absolute atomic E-state index is 11.4. The van der Waals surface area contributed by atoms with Crippen LogP contribution in [-0.2, 0) is 11.2 Å². The van der Waals surface area contributed by atoms with E-state index in [2.05, 4.69) is 13.8 Å². The molecule has 4 heteroatoms. The van der Waals surface area contributed by atoms with Gasteiger partial charge in [0, 0.05) is 0 Å². The Labute approximate surface area is 142 Å². The highest BCUT2D eigenvalue weighted by atomic mass is 16.5. The maximum Gasteiger partial charge on any atom is 0.371 e. The van der Waals surface area contributed by atoms with Crippen LogP contribution in [0.4, 0.5) is 0 Å². The topological polar surface area (TPSA) is 55.8 Å². The molecule has 0 radical (unpaired) electrons. The minimum Gasteiger partial charge on any atom is -0.497 e. The molecule has 1 N–H and O–H groups in total. The van der Waals surface area contributed by atoms with Gasteiger partial charge in [-0.25, -0.2) is 4.79 Å². The Morgan fingerprint density at radius 2 is 1.62 bits per heavy atom. The summed E-state index contributed by atoms with van der Waals surface area (Å²) in [4.78, 5) is 11.4. The number of carboxylic acid groups (broad SMARTS) is 1. The molecule has 0 saturated carbocycles. The third-order valence-electron chi connectivity index (χ3n) is 3.42. The van der Waals surface area contributed by atoms with Crippen molar-refractivity contribution < 1.29 is 19.4 Å². The van der Waals surface area contributed by atoms with E-state index in [9.17, 15) is 9.90 Å². The molecule has 0 heterocycles. The van der Waals surface area contributed by atoms with Crippen molar-refractivity contribution in [3.63, 3.8) is 0 Å². The first-order valence-corrected chi connectivity index (χ1v) is 7.83. The Balaban J connectivity index is 2.16. The summed E-state index contributed by atoms with van der Waals surface area (Å²) in [5.74, 6) is 0.470. The normalized spacial score (nSPS) is 11.4. The van der Waals surface area contributed by atoms with E-state index in [0.29, 0.717) is 17.4 Å². The second-order valence-corrected chi connectivity index (χ2v) is 5.93. The number of rotatable bonds is 7. The minimum atomic E-state index is -1.11. The Kier molecular flexibility index (Phi) is 6.01. The summed E-state index contributed by atoms with van der Waals surface area (Å²) in [6.45, 7) is 4.33. The van der Waals surface area contributed by atoms with Gasteiger partial charge < -0.3 is 14.6 Å². The van der Waals surface area contributed by atoms with Gasteiger partial charge in [0.05, 0.1) is 7.11 Å². The van der Waals surface area contributed by atoms with Gasteiger partial charge in [-0.3, -0.25) is 0 Å². The van der Waals surface area contributed by atoms with Gasteiger partial charge in [0.25, 0.3) is 0 Å². The molecule has 24 heavy (non-hydrogen) atoms. The standard InChI is InChI=1S/C20H22O4/c1-14(2)12-15-4-6-16(7-5-15)13-19(20(21)22)24-18-10-8-17(23-3)9-11-18/h4-11,13-14H,12H2,1-3H3,(H,21,22). The molecule has 2 aromatic rings. The zero-order chi connectivity index (χ0) is 17.5. The van der Waals surface area contributed by atoms with Gasteiger partial charge in [-0.05, 0) is 53.8 Å². The average molecular weight is 326 g/mol. The Hall–Kier alpha value is -2.75. The van der Waals surface area contributed by atoms with Crippen molar-refractivity contribution >= 4 is 12.0 Å². The minimum absolute atomic E-state index is 0.128. The van der Waals surface area contributed by atoms with E-state index in [1.807, 2.05) is 24.3 Å². The van der Waals surface area contributed by atoms with Crippen LogP contribution in [0.25, 0.3) is 6.08 Å². The summed E-state index contributed by atoms with van der Waals surface area (Å²) in [5.41, 5.74) is 2.02. The number of hydrogen-bond donors (Lipinski definition) is 1. The zero-order valence-corrected chi connectivity index (χ0v) is 14.2. The van der Waals surface area contributed by atoms with Gasteiger partial charge in [-0.1, -0.05) is 38.1 Å². The van der Waals surface area contributed by atoms with Crippen molar-refractivity contribution in [1.29, 1.82) is 0 Å². The van der Waals surface area contributed by atoms with Crippen LogP contribution in [0.15, 0.2) is 54.3 Å². The van der Waals surface area contributed by atoms with Gasteiger partial charge >= 0.3 is 5.97 Å². The molecule has 0 unspecified atom stereocenters. The molecule has 0 atom stereocenters. The average Bonchev–Trinajstić information content (AvgIpc) is 2.56. The van der Waals surface area contributed by atoms with Crippen LogP contribution in [-0.4, -0.2) is 18.2 Å². The molecule has 0 aliphatic rings. The third kappa shape index (κ3) is 5.16. The van der Waals surface area contributed by atoms with Crippen LogP contribution in [0.3, 0.4) is 0 Å². The van der Waals surface area contributed by atoms with Crippen molar-refractivity contribution in [2.75, 3.05) is 7.11 Å². The van der Waals surface area contributed by atoms with E-state index in [1.54, 1.807) is 31.4 Å². The lowest BCUT2D eigenvalue weighted by Gasteiger charge is -2.08. The number of carbonyl (C=O) groups is 1. The van der Waals surface area contributed by atoms with Crippen LogP contribution >= 0.6 is 0 Å². The van der Waals surface area contributed by atoms with Crippen molar-refractivity contribution in [2.24, 2.45) is 5.92 Å². The highest BCUT2D eigenvalue weighted by Crippen LogP contribution is 2.20. The maximum atomic E-state index is 11.4. The molecule has 0 aliphatic carbocycles. The largest absolute Gasteiger partial charge is 0.497 e. The number of benzene rings is 2. The molecule has 0 amide bonds.